The van der Waals surface area contributed by atoms with Crippen molar-refractivity contribution in [3.8, 4) is 0 Å². The highest BCUT2D eigenvalue weighted by molar-refractivity contribution is 5.87. The Hall–Kier alpha value is -3.50. The maximum Gasteiger partial charge on any atom is 0.329 e. The first kappa shape index (κ1) is 21.2. The summed E-state index contributed by atoms with van der Waals surface area (Å²) in [5, 5.41) is 2.42. The number of carbonyl (C=O) groups is 3. The van der Waals surface area contributed by atoms with E-state index in [9.17, 15) is 23.2 Å². The summed E-state index contributed by atoms with van der Waals surface area (Å²) in [5.74, 6) is -2.96. The maximum absolute atomic E-state index is 14.6. The summed E-state index contributed by atoms with van der Waals surface area (Å²) in [7, 11) is 2.26. The molecule has 2 amide bonds. The maximum atomic E-state index is 14.6. The Morgan fingerprint density at radius 1 is 1.30 bits per heavy atom. The lowest BCUT2D eigenvalue weighted by molar-refractivity contribution is -0.149. The van der Waals surface area contributed by atoms with Crippen LogP contribution in [-0.4, -0.2) is 59.6 Å². The number of rotatable bonds is 5. The third kappa shape index (κ3) is 4.24. The first-order valence-corrected chi connectivity index (χ1v) is 9.04. The number of hydrogen-bond donors (Lipinski definition) is 2. The van der Waals surface area contributed by atoms with Gasteiger partial charge in [0, 0.05) is 24.2 Å². The van der Waals surface area contributed by atoms with Gasteiger partial charge in [-0.2, -0.15) is 0 Å². The summed E-state index contributed by atoms with van der Waals surface area (Å²) in [5.41, 5.74) is 0.969. The predicted molar refractivity (Wildman–Crippen MR) is 98.2 cm³/mol. The van der Waals surface area contributed by atoms with Crippen LogP contribution in [0, 0.1) is 11.6 Å². The predicted octanol–water partition coefficient (Wildman–Crippen LogP) is 1.45. The molecule has 0 bridgehead atoms. The van der Waals surface area contributed by atoms with Crippen LogP contribution in [0.15, 0.2) is 24.5 Å². The third-order valence-corrected chi connectivity index (χ3v) is 4.82. The number of fused-ring (bicyclic) bond motifs is 1. The summed E-state index contributed by atoms with van der Waals surface area (Å²) in [4.78, 5) is 44.9. The molecule has 2 atom stereocenters. The second-order valence-electron chi connectivity index (χ2n) is 6.58. The van der Waals surface area contributed by atoms with Crippen LogP contribution in [0.2, 0.25) is 0 Å². The third-order valence-electron chi connectivity index (χ3n) is 4.82. The molecule has 0 aliphatic carbocycles. The SMILES string of the molecule is COC(=O)C[C@@H](NC(=O)N1CCc2[nH]cnc2[C@@H]1c1cc(F)ccc1F)C(=O)OC. The molecule has 2 heterocycles. The molecule has 0 spiro atoms. The molecule has 2 N–H and O–H groups in total. The molecule has 0 saturated carbocycles. The molecule has 2 aromatic rings. The van der Waals surface area contributed by atoms with Crippen molar-refractivity contribution in [3.05, 3.63) is 53.1 Å². The van der Waals surface area contributed by atoms with Gasteiger partial charge in [-0.3, -0.25) is 4.79 Å². The molecular weight excluding hydrogens is 402 g/mol. The Balaban J connectivity index is 1.94. The highest BCUT2D eigenvalue weighted by Crippen LogP contribution is 2.35. The lowest BCUT2D eigenvalue weighted by Crippen LogP contribution is -2.52. The summed E-state index contributed by atoms with van der Waals surface area (Å²) in [6.07, 6.45) is 1.34. The van der Waals surface area contributed by atoms with E-state index in [0.29, 0.717) is 17.8 Å². The monoisotopic (exact) mass is 422 g/mol. The van der Waals surface area contributed by atoms with Gasteiger partial charge in [-0.05, 0) is 18.2 Å². The summed E-state index contributed by atoms with van der Waals surface area (Å²) < 4.78 is 37.6. The summed E-state index contributed by atoms with van der Waals surface area (Å²) >= 11 is 0. The number of hydrogen-bond acceptors (Lipinski definition) is 6. The van der Waals surface area contributed by atoms with Gasteiger partial charge < -0.3 is 24.7 Å². The number of nitrogens with zero attached hydrogens (tertiary/aromatic N) is 2. The number of methoxy groups -OCH3 is 2. The van der Waals surface area contributed by atoms with E-state index in [1.54, 1.807) is 0 Å². The molecule has 1 aromatic heterocycles. The fraction of sp³-hybridized carbons (Fsp3) is 0.368. The first-order chi connectivity index (χ1) is 14.3. The number of nitrogens with one attached hydrogen (secondary N) is 2. The Morgan fingerprint density at radius 3 is 2.77 bits per heavy atom. The number of H-pyrrole nitrogens is 1. The van der Waals surface area contributed by atoms with Crippen molar-refractivity contribution < 1.29 is 32.6 Å². The lowest BCUT2D eigenvalue weighted by atomic mass is 9.95. The number of halogens is 2. The molecular formula is C19H20F2N4O5. The normalized spacial score (nSPS) is 16.4. The highest BCUT2D eigenvalue weighted by Gasteiger charge is 2.37. The quantitative estimate of drug-likeness (QED) is 0.705. The highest BCUT2D eigenvalue weighted by atomic mass is 19.1. The van der Waals surface area contributed by atoms with E-state index in [1.807, 2.05) is 0 Å². The lowest BCUT2D eigenvalue weighted by Gasteiger charge is -2.36. The number of aromatic nitrogens is 2. The van der Waals surface area contributed by atoms with E-state index in [4.69, 9.17) is 0 Å². The Morgan fingerprint density at radius 2 is 2.07 bits per heavy atom. The van der Waals surface area contributed by atoms with E-state index in [-0.39, 0.29) is 12.1 Å². The zero-order valence-electron chi connectivity index (χ0n) is 16.3. The average Bonchev–Trinajstić information content (AvgIpc) is 3.22. The Labute approximate surface area is 170 Å². The minimum Gasteiger partial charge on any atom is -0.469 e. The smallest absolute Gasteiger partial charge is 0.329 e. The van der Waals surface area contributed by atoms with Crippen molar-refractivity contribution in [2.75, 3.05) is 20.8 Å². The van der Waals surface area contributed by atoms with Crippen LogP contribution in [0.4, 0.5) is 13.6 Å². The van der Waals surface area contributed by atoms with Crippen LogP contribution in [-0.2, 0) is 25.5 Å². The second-order valence-corrected chi connectivity index (χ2v) is 6.58. The van der Waals surface area contributed by atoms with Crippen LogP contribution in [0.5, 0.6) is 0 Å². The fourth-order valence-electron chi connectivity index (χ4n) is 3.35. The fourth-order valence-corrected chi connectivity index (χ4v) is 3.35. The van der Waals surface area contributed by atoms with Gasteiger partial charge in [-0.1, -0.05) is 0 Å². The van der Waals surface area contributed by atoms with Crippen molar-refractivity contribution in [2.24, 2.45) is 0 Å². The molecule has 30 heavy (non-hydrogen) atoms. The average molecular weight is 422 g/mol. The zero-order valence-corrected chi connectivity index (χ0v) is 16.3. The van der Waals surface area contributed by atoms with Crippen molar-refractivity contribution in [1.82, 2.24) is 20.2 Å². The van der Waals surface area contributed by atoms with Crippen LogP contribution in [0.25, 0.3) is 0 Å². The van der Waals surface area contributed by atoms with E-state index < -0.39 is 48.1 Å². The van der Waals surface area contributed by atoms with Gasteiger partial charge in [0.1, 0.15) is 23.7 Å². The molecule has 11 heteroatoms. The summed E-state index contributed by atoms with van der Waals surface area (Å²) in [6.45, 7) is 0.133. The number of amides is 2. The molecule has 9 nitrogen and oxygen atoms in total. The van der Waals surface area contributed by atoms with E-state index in [0.717, 1.165) is 32.4 Å². The van der Waals surface area contributed by atoms with E-state index in [2.05, 4.69) is 24.8 Å². The van der Waals surface area contributed by atoms with Crippen LogP contribution < -0.4 is 5.32 Å². The number of benzene rings is 1. The molecule has 0 saturated heterocycles. The molecule has 3 rings (SSSR count). The number of esters is 2. The molecule has 160 valence electrons. The van der Waals surface area contributed by atoms with Crippen molar-refractivity contribution in [2.45, 2.75) is 24.9 Å². The summed E-state index contributed by atoms with van der Waals surface area (Å²) in [6, 6.07) is -0.175. The van der Waals surface area contributed by atoms with Crippen LogP contribution >= 0.6 is 0 Å². The van der Waals surface area contributed by atoms with Gasteiger partial charge in [0.25, 0.3) is 0 Å². The Bertz CT molecular complexity index is 964. The van der Waals surface area contributed by atoms with E-state index >= 15 is 0 Å². The van der Waals surface area contributed by atoms with Gasteiger partial charge in [-0.25, -0.2) is 23.4 Å². The number of carbonyl (C=O) groups excluding carboxylic acids is 3. The zero-order chi connectivity index (χ0) is 21.8. The standard InChI is InChI=1S/C19H20F2N4O5/c1-29-15(26)8-14(18(27)30-2)24-19(28)25-6-5-13-16(23-9-22-13)17(25)11-7-10(20)3-4-12(11)21/h3-4,7,9,14,17H,5-6,8H2,1-2H3,(H,22,23)(H,24,28)/t14-,17+/m1/s1. The van der Waals surface area contributed by atoms with Gasteiger partial charge in [0.15, 0.2) is 0 Å². The minimum absolute atomic E-state index is 0.0826. The topological polar surface area (TPSA) is 114 Å². The minimum atomic E-state index is -1.31. The van der Waals surface area contributed by atoms with Gasteiger partial charge in [0.05, 0.1) is 32.7 Å². The largest absolute Gasteiger partial charge is 0.469 e. The van der Waals surface area contributed by atoms with Crippen molar-refractivity contribution in [1.29, 1.82) is 0 Å². The van der Waals surface area contributed by atoms with Crippen molar-refractivity contribution >= 4 is 18.0 Å². The number of imidazole rings is 1. The van der Waals surface area contributed by atoms with Crippen molar-refractivity contribution in [3.63, 3.8) is 0 Å². The van der Waals surface area contributed by atoms with Gasteiger partial charge >= 0.3 is 18.0 Å². The second kappa shape index (κ2) is 8.89. The van der Waals surface area contributed by atoms with Crippen LogP contribution in [0.3, 0.4) is 0 Å². The van der Waals surface area contributed by atoms with Gasteiger partial charge in [-0.15, -0.1) is 0 Å². The van der Waals surface area contributed by atoms with Crippen LogP contribution in [0.1, 0.15) is 29.4 Å². The number of ether oxygens (including phenoxy) is 2. The van der Waals surface area contributed by atoms with E-state index in [1.165, 1.54) is 11.2 Å². The molecule has 0 radical (unpaired) electrons. The number of aromatic amines is 1. The molecule has 1 aliphatic heterocycles. The van der Waals surface area contributed by atoms with Gasteiger partial charge in [0.2, 0.25) is 0 Å². The first-order valence-electron chi connectivity index (χ1n) is 9.04. The molecule has 1 aromatic carbocycles. The molecule has 0 fully saturated rings. The molecule has 1 aliphatic rings. The molecule has 0 unspecified atom stereocenters. The number of urea groups is 1. The Kier molecular flexibility index (Phi) is 6.28.